The third-order valence-electron chi connectivity index (χ3n) is 3.43. The molecule has 18 heavy (non-hydrogen) atoms. The number of hydrogen-bond donors (Lipinski definition) is 1. The lowest BCUT2D eigenvalue weighted by molar-refractivity contribution is -0.0583. The number of rotatable bonds is 8. The van der Waals surface area contributed by atoms with Crippen LogP contribution in [0, 0.1) is 0 Å². The summed E-state index contributed by atoms with van der Waals surface area (Å²) in [5.41, 5.74) is 5.13. The lowest BCUT2D eigenvalue weighted by atomic mass is 9.96. The summed E-state index contributed by atoms with van der Waals surface area (Å²) < 4.78 is 11.2. The van der Waals surface area contributed by atoms with Gasteiger partial charge in [0.05, 0.1) is 0 Å². The van der Waals surface area contributed by atoms with Crippen LogP contribution >= 0.6 is 0 Å². The summed E-state index contributed by atoms with van der Waals surface area (Å²) in [5, 5.41) is 4.10. The molecule has 0 aromatic carbocycles. The van der Waals surface area contributed by atoms with Crippen LogP contribution in [0.5, 0.6) is 0 Å². The molecule has 1 unspecified atom stereocenters. The van der Waals surface area contributed by atoms with Crippen molar-refractivity contribution >= 4 is 0 Å². The minimum Gasteiger partial charge on any atom is -0.367 e. The van der Waals surface area contributed by atoms with E-state index in [1.54, 1.807) is 0 Å². The van der Waals surface area contributed by atoms with Gasteiger partial charge in [-0.05, 0) is 32.7 Å². The Kier molecular flexibility index (Phi) is 5.75. The summed E-state index contributed by atoms with van der Waals surface area (Å²) >= 11 is 0. The second-order valence-electron chi connectivity index (χ2n) is 4.57. The SMILES string of the molecule is CCOC(CC)(CC)c1noc(C(C)CCN)n1. The Morgan fingerprint density at radius 1 is 1.33 bits per heavy atom. The third-order valence-corrected chi connectivity index (χ3v) is 3.43. The fourth-order valence-electron chi connectivity index (χ4n) is 2.11. The molecular formula is C13H25N3O2. The van der Waals surface area contributed by atoms with E-state index in [9.17, 15) is 0 Å². The molecule has 2 N–H and O–H groups in total. The molecule has 1 aromatic heterocycles. The first-order valence-corrected chi connectivity index (χ1v) is 6.81. The molecule has 0 radical (unpaired) electrons. The fourth-order valence-corrected chi connectivity index (χ4v) is 2.11. The van der Waals surface area contributed by atoms with Crippen LogP contribution < -0.4 is 5.73 Å². The van der Waals surface area contributed by atoms with E-state index >= 15 is 0 Å². The lowest BCUT2D eigenvalue weighted by Gasteiger charge is -2.27. The molecule has 1 rings (SSSR count). The van der Waals surface area contributed by atoms with E-state index in [1.165, 1.54) is 0 Å². The first kappa shape index (κ1) is 15.1. The Hall–Kier alpha value is -0.940. The normalized spacial score (nSPS) is 13.8. The van der Waals surface area contributed by atoms with Gasteiger partial charge in [-0.25, -0.2) is 0 Å². The van der Waals surface area contributed by atoms with Crippen LogP contribution in [-0.4, -0.2) is 23.3 Å². The van der Waals surface area contributed by atoms with Gasteiger partial charge in [0.1, 0.15) is 5.60 Å². The summed E-state index contributed by atoms with van der Waals surface area (Å²) in [6.07, 6.45) is 2.52. The average Bonchev–Trinajstić information content (AvgIpc) is 2.86. The molecule has 0 aliphatic heterocycles. The Bertz CT molecular complexity index is 348. The molecular weight excluding hydrogens is 230 g/mol. The molecule has 1 atom stereocenters. The third kappa shape index (κ3) is 3.09. The van der Waals surface area contributed by atoms with E-state index in [0.717, 1.165) is 19.3 Å². The van der Waals surface area contributed by atoms with Gasteiger partial charge < -0.3 is 15.0 Å². The average molecular weight is 255 g/mol. The standard InChI is InChI=1S/C13H25N3O2/c1-5-13(6-2,17-7-3)12-15-11(18-16-12)10(4)8-9-14/h10H,5-9,14H2,1-4H3. The van der Waals surface area contributed by atoms with E-state index < -0.39 is 5.60 Å². The van der Waals surface area contributed by atoms with Crippen molar-refractivity contribution in [3.05, 3.63) is 11.7 Å². The van der Waals surface area contributed by atoms with Crippen LogP contribution in [0.25, 0.3) is 0 Å². The largest absolute Gasteiger partial charge is 0.367 e. The summed E-state index contributed by atoms with van der Waals surface area (Å²) in [6, 6.07) is 0. The van der Waals surface area contributed by atoms with Crippen LogP contribution in [0.2, 0.25) is 0 Å². The highest BCUT2D eigenvalue weighted by Gasteiger charge is 2.34. The first-order chi connectivity index (χ1) is 8.63. The van der Waals surface area contributed by atoms with Gasteiger partial charge in [-0.2, -0.15) is 4.98 Å². The molecule has 1 heterocycles. The zero-order chi connectivity index (χ0) is 13.6. The minimum absolute atomic E-state index is 0.198. The Balaban J connectivity index is 2.93. The molecule has 0 fully saturated rings. The van der Waals surface area contributed by atoms with E-state index in [0.29, 0.717) is 24.9 Å². The summed E-state index contributed by atoms with van der Waals surface area (Å²) in [5.74, 6) is 1.51. The van der Waals surface area contributed by atoms with Crippen LogP contribution in [0.15, 0.2) is 4.52 Å². The van der Waals surface area contributed by atoms with E-state index in [-0.39, 0.29) is 5.92 Å². The molecule has 0 spiro atoms. The summed E-state index contributed by atoms with van der Waals surface area (Å²) in [6.45, 7) is 9.46. The number of nitrogens with two attached hydrogens (primary N) is 1. The van der Waals surface area contributed by atoms with Gasteiger partial charge >= 0.3 is 0 Å². The van der Waals surface area contributed by atoms with Gasteiger partial charge in [0.15, 0.2) is 0 Å². The molecule has 104 valence electrons. The zero-order valence-corrected chi connectivity index (χ0v) is 11.9. The second-order valence-corrected chi connectivity index (χ2v) is 4.57. The van der Waals surface area contributed by atoms with Crippen LogP contribution in [-0.2, 0) is 10.3 Å². The predicted molar refractivity (Wildman–Crippen MR) is 70.3 cm³/mol. The van der Waals surface area contributed by atoms with Crippen molar-refractivity contribution in [1.82, 2.24) is 10.1 Å². The molecule has 5 nitrogen and oxygen atoms in total. The molecule has 0 aliphatic carbocycles. The van der Waals surface area contributed by atoms with Crippen molar-refractivity contribution in [2.45, 2.75) is 58.5 Å². The Morgan fingerprint density at radius 2 is 2.00 bits per heavy atom. The van der Waals surface area contributed by atoms with Crippen molar-refractivity contribution in [1.29, 1.82) is 0 Å². The van der Waals surface area contributed by atoms with Crippen LogP contribution in [0.4, 0.5) is 0 Å². The smallest absolute Gasteiger partial charge is 0.229 e. The van der Waals surface area contributed by atoms with Gasteiger partial charge in [-0.15, -0.1) is 0 Å². The maximum atomic E-state index is 5.86. The Morgan fingerprint density at radius 3 is 2.50 bits per heavy atom. The van der Waals surface area contributed by atoms with Crippen molar-refractivity contribution in [2.24, 2.45) is 5.73 Å². The first-order valence-electron chi connectivity index (χ1n) is 6.81. The number of ether oxygens (including phenoxy) is 1. The number of hydrogen-bond acceptors (Lipinski definition) is 5. The molecule has 0 aliphatic rings. The van der Waals surface area contributed by atoms with Crippen molar-refractivity contribution in [3.63, 3.8) is 0 Å². The molecule has 0 saturated carbocycles. The maximum absolute atomic E-state index is 5.86. The van der Waals surface area contributed by atoms with E-state index in [2.05, 4.69) is 24.0 Å². The molecule has 0 amide bonds. The topological polar surface area (TPSA) is 74.2 Å². The zero-order valence-electron chi connectivity index (χ0n) is 11.9. The second kappa shape index (κ2) is 6.85. The summed E-state index contributed by atoms with van der Waals surface area (Å²) in [7, 11) is 0. The van der Waals surface area contributed by atoms with Crippen molar-refractivity contribution in [2.75, 3.05) is 13.2 Å². The summed E-state index contributed by atoms with van der Waals surface area (Å²) in [4.78, 5) is 4.50. The maximum Gasteiger partial charge on any atom is 0.229 e. The van der Waals surface area contributed by atoms with Crippen molar-refractivity contribution in [3.8, 4) is 0 Å². The van der Waals surface area contributed by atoms with Gasteiger partial charge in [-0.1, -0.05) is 25.9 Å². The highest BCUT2D eigenvalue weighted by molar-refractivity contribution is 5.03. The fraction of sp³-hybridized carbons (Fsp3) is 0.846. The predicted octanol–water partition coefficient (Wildman–Crippen LogP) is 2.57. The minimum atomic E-state index is -0.418. The van der Waals surface area contributed by atoms with Crippen molar-refractivity contribution < 1.29 is 9.26 Å². The quantitative estimate of drug-likeness (QED) is 0.772. The van der Waals surface area contributed by atoms with E-state index in [4.69, 9.17) is 15.0 Å². The molecule has 1 aromatic rings. The van der Waals surface area contributed by atoms with Crippen LogP contribution in [0.3, 0.4) is 0 Å². The van der Waals surface area contributed by atoms with Gasteiger partial charge in [0, 0.05) is 12.5 Å². The monoisotopic (exact) mass is 255 g/mol. The molecule has 0 bridgehead atoms. The number of aromatic nitrogens is 2. The van der Waals surface area contributed by atoms with Gasteiger partial charge in [-0.3, -0.25) is 0 Å². The highest BCUT2D eigenvalue weighted by atomic mass is 16.5. The molecule has 5 heteroatoms. The van der Waals surface area contributed by atoms with Gasteiger partial charge in [0.2, 0.25) is 11.7 Å². The Labute approximate surface area is 109 Å². The van der Waals surface area contributed by atoms with Gasteiger partial charge in [0.25, 0.3) is 0 Å². The lowest BCUT2D eigenvalue weighted by Crippen LogP contribution is -2.29. The van der Waals surface area contributed by atoms with Crippen LogP contribution in [0.1, 0.15) is 64.6 Å². The highest BCUT2D eigenvalue weighted by Crippen LogP contribution is 2.32. The molecule has 0 saturated heterocycles. The van der Waals surface area contributed by atoms with E-state index in [1.807, 2.05) is 13.8 Å². The number of nitrogens with zero attached hydrogens (tertiary/aromatic N) is 2.